The zero-order chi connectivity index (χ0) is 13.9. The average molecular weight is 290 g/mol. The molecule has 1 aromatic rings. The molecule has 4 heteroatoms. The van der Waals surface area contributed by atoms with Crippen LogP contribution < -0.4 is 10.2 Å². The summed E-state index contributed by atoms with van der Waals surface area (Å²) in [4.78, 5) is 14.6. The zero-order valence-electron chi connectivity index (χ0n) is 12.0. The third kappa shape index (κ3) is 2.86. The molecule has 2 atom stereocenters. The topological polar surface area (TPSA) is 32.3 Å². The molecule has 3 rings (SSSR count). The van der Waals surface area contributed by atoms with Gasteiger partial charge in [0.05, 0.1) is 6.04 Å². The quantitative estimate of drug-likeness (QED) is 0.928. The smallest absolute Gasteiger partial charge is 0.243 e. The fourth-order valence-electron chi connectivity index (χ4n) is 3.10. The van der Waals surface area contributed by atoms with E-state index in [0.717, 1.165) is 24.4 Å². The van der Waals surface area contributed by atoms with Crippen molar-refractivity contribution in [3.8, 4) is 0 Å². The Hall–Kier alpha value is -1.00. The third-order valence-electron chi connectivity index (χ3n) is 4.17. The first kappa shape index (κ1) is 14.0. The van der Waals surface area contributed by atoms with Crippen LogP contribution in [0.5, 0.6) is 0 Å². The van der Waals surface area contributed by atoms with E-state index < -0.39 is 0 Å². The minimum absolute atomic E-state index is 0.0927. The van der Waals surface area contributed by atoms with Gasteiger partial charge in [-0.2, -0.15) is 11.8 Å². The predicted octanol–water partition coefficient (Wildman–Crippen LogP) is 2.45. The lowest BCUT2D eigenvalue weighted by Gasteiger charge is -2.28. The Morgan fingerprint density at radius 3 is 3.10 bits per heavy atom. The van der Waals surface area contributed by atoms with E-state index in [1.54, 1.807) is 0 Å². The van der Waals surface area contributed by atoms with Gasteiger partial charge in [0.25, 0.3) is 0 Å². The Morgan fingerprint density at radius 2 is 2.30 bits per heavy atom. The number of amides is 1. The molecule has 1 saturated heterocycles. The maximum atomic E-state index is 12.6. The van der Waals surface area contributed by atoms with Crippen LogP contribution in [0.1, 0.15) is 25.3 Å². The number of rotatable bonds is 3. The van der Waals surface area contributed by atoms with Gasteiger partial charge in [-0.25, -0.2) is 0 Å². The van der Waals surface area contributed by atoms with Crippen LogP contribution in [0.4, 0.5) is 5.69 Å². The molecule has 0 aliphatic carbocycles. The van der Waals surface area contributed by atoms with Crippen LogP contribution in [0.2, 0.25) is 0 Å². The number of hydrogen-bond donors (Lipinski definition) is 1. The van der Waals surface area contributed by atoms with Crippen molar-refractivity contribution < 1.29 is 4.79 Å². The summed E-state index contributed by atoms with van der Waals surface area (Å²) >= 11 is 1.99. The van der Waals surface area contributed by atoms with Crippen molar-refractivity contribution in [3.05, 3.63) is 29.8 Å². The van der Waals surface area contributed by atoms with Crippen LogP contribution >= 0.6 is 11.8 Å². The lowest BCUT2D eigenvalue weighted by Crippen LogP contribution is -2.49. The Kier molecular flexibility index (Phi) is 4.32. The number of thioether (sulfide) groups is 1. The molecule has 3 nitrogen and oxygen atoms in total. The predicted molar refractivity (Wildman–Crippen MR) is 85.4 cm³/mol. The molecule has 1 fully saturated rings. The highest BCUT2D eigenvalue weighted by molar-refractivity contribution is 7.99. The van der Waals surface area contributed by atoms with Gasteiger partial charge in [0.1, 0.15) is 0 Å². The van der Waals surface area contributed by atoms with E-state index in [0.29, 0.717) is 6.04 Å². The van der Waals surface area contributed by atoms with Crippen molar-refractivity contribution in [1.29, 1.82) is 0 Å². The largest absolute Gasteiger partial charge is 0.310 e. The van der Waals surface area contributed by atoms with Crippen LogP contribution in [0, 0.1) is 0 Å². The zero-order valence-corrected chi connectivity index (χ0v) is 12.8. The molecular weight excluding hydrogens is 268 g/mol. The fourth-order valence-corrected chi connectivity index (χ4v) is 4.18. The second kappa shape index (κ2) is 6.19. The van der Waals surface area contributed by atoms with E-state index in [2.05, 4.69) is 17.4 Å². The summed E-state index contributed by atoms with van der Waals surface area (Å²) in [7, 11) is 0. The van der Waals surface area contributed by atoms with Gasteiger partial charge in [-0.1, -0.05) is 18.2 Å². The highest BCUT2D eigenvalue weighted by Gasteiger charge is 2.29. The van der Waals surface area contributed by atoms with Gasteiger partial charge in [0.2, 0.25) is 5.91 Å². The molecule has 20 heavy (non-hydrogen) atoms. The first-order valence-electron chi connectivity index (χ1n) is 7.49. The van der Waals surface area contributed by atoms with Gasteiger partial charge in [-0.3, -0.25) is 4.79 Å². The van der Waals surface area contributed by atoms with Crippen molar-refractivity contribution in [3.63, 3.8) is 0 Å². The number of anilines is 1. The molecule has 0 radical (unpaired) electrons. The molecule has 0 spiro atoms. The number of carbonyl (C=O) groups excluding carboxylic acids is 1. The monoisotopic (exact) mass is 290 g/mol. The third-order valence-corrected chi connectivity index (χ3v) is 5.39. The summed E-state index contributed by atoms with van der Waals surface area (Å²) in [5.41, 5.74) is 2.39. The van der Waals surface area contributed by atoms with Gasteiger partial charge < -0.3 is 10.2 Å². The van der Waals surface area contributed by atoms with Crippen LogP contribution in [0.25, 0.3) is 0 Å². The van der Waals surface area contributed by atoms with Crippen molar-refractivity contribution in [2.75, 3.05) is 23.0 Å². The number of nitrogens with zero attached hydrogens (tertiary/aromatic N) is 1. The van der Waals surface area contributed by atoms with Crippen LogP contribution in [0.15, 0.2) is 24.3 Å². The van der Waals surface area contributed by atoms with Crippen LogP contribution in [-0.2, 0) is 11.2 Å². The molecule has 2 aliphatic rings. The molecule has 0 saturated carbocycles. The van der Waals surface area contributed by atoms with E-state index in [1.807, 2.05) is 35.7 Å². The Balaban J connectivity index is 1.64. The lowest BCUT2D eigenvalue weighted by atomic mass is 10.1. The summed E-state index contributed by atoms with van der Waals surface area (Å²) in [5.74, 6) is 2.61. The highest BCUT2D eigenvalue weighted by atomic mass is 32.2. The Morgan fingerprint density at radius 1 is 1.45 bits per heavy atom. The van der Waals surface area contributed by atoms with Gasteiger partial charge >= 0.3 is 0 Å². The number of fused-ring (bicyclic) bond motifs is 1. The second-order valence-electron chi connectivity index (χ2n) is 5.67. The minimum Gasteiger partial charge on any atom is -0.310 e. The molecule has 0 aromatic heterocycles. The molecule has 2 aliphatic heterocycles. The number of benzene rings is 1. The lowest BCUT2D eigenvalue weighted by molar-refractivity contribution is -0.120. The number of carbonyl (C=O) groups is 1. The normalized spacial score (nSPS) is 23.4. The van der Waals surface area contributed by atoms with Crippen molar-refractivity contribution >= 4 is 23.4 Å². The summed E-state index contributed by atoms with van der Waals surface area (Å²) in [5, 5.41) is 3.51. The molecule has 0 bridgehead atoms. The highest BCUT2D eigenvalue weighted by Crippen LogP contribution is 2.28. The molecule has 1 amide bonds. The van der Waals surface area contributed by atoms with Crippen molar-refractivity contribution in [2.45, 2.75) is 38.3 Å². The second-order valence-corrected chi connectivity index (χ2v) is 6.82. The molecule has 2 heterocycles. The first-order chi connectivity index (χ1) is 9.75. The Labute approximate surface area is 125 Å². The van der Waals surface area contributed by atoms with Gasteiger partial charge in [0.15, 0.2) is 0 Å². The fraction of sp³-hybridized carbons (Fsp3) is 0.562. The van der Waals surface area contributed by atoms with E-state index in [1.165, 1.54) is 24.2 Å². The summed E-state index contributed by atoms with van der Waals surface area (Å²) in [6.45, 7) is 2.83. The molecular formula is C16H22N2OS. The standard InChI is InChI=1S/C16H22N2OS/c1-12(17-14-6-4-10-20-11-14)16(19)18-9-8-13-5-2-3-7-15(13)18/h2-3,5,7,12,14,17H,4,6,8-11H2,1H3/t12-,14+/m1/s1. The summed E-state index contributed by atoms with van der Waals surface area (Å²) in [6.07, 6.45) is 3.44. The van der Waals surface area contributed by atoms with E-state index in [9.17, 15) is 4.79 Å². The average Bonchev–Trinajstić information content (AvgIpc) is 2.91. The van der Waals surface area contributed by atoms with Crippen LogP contribution in [0.3, 0.4) is 0 Å². The summed E-state index contributed by atoms with van der Waals surface area (Å²) < 4.78 is 0. The van der Waals surface area contributed by atoms with Gasteiger partial charge in [-0.15, -0.1) is 0 Å². The van der Waals surface area contributed by atoms with Gasteiger partial charge in [0, 0.05) is 24.0 Å². The summed E-state index contributed by atoms with van der Waals surface area (Å²) in [6, 6.07) is 8.64. The van der Waals surface area contributed by atoms with Crippen molar-refractivity contribution in [2.24, 2.45) is 0 Å². The maximum Gasteiger partial charge on any atom is 0.243 e. The molecule has 1 N–H and O–H groups in total. The van der Waals surface area contributed by atoms with Gasteiger partial charge in [-0.05, 0) is 43.6 Å². The van der Waals surface area contributed by atoms with Crippen molar-refractivity contribution in [1.82, 2.24) is 5.32 Å². The van der Waals surface area contributed by atoms with E-state index in [-0.39, 0.29) is 11.9 Å². The first-order valence-corrected chi connectivity index (χ1v) is 8.64. The number of nitrogens with one attached hydrogen (secondary N) is 1. The van der Waals surface area contributed by atoms with E-state index in [4.69, 9.17) is 0 Å². The number of para-hydroxylation sites is 1. The minimum atomic E-state index is -0.0927. The molecule has 1 aromatic carbocycles. The molecule has 108 valence electrons. The maximum absolute atomic E-state index is 12.6. The number of hydrogen-bond acceptors (Lipinski definition) is 3. The van der Waals surface area contributed by atoms with E-state index >= 15 is 0 Å². The Bertz CT molecular complexity index is 485. The van der Waals surface area contributed by atoms with Crippen LogP contribution in [-0.4, -0.2) is 36.0 Å². The SMILES string of the molecule is C[C@@H](N[C@H]1CCCSC1)C(=O)N1CCc2ccccc21. The molecule has 0 unspecified atom stereocenters.